The van der Waals surface area contributed by atoms with Gasteiger partial charge in [0.25, 0.3) is 0 Å². The first kappa shape index (κ1) is 11.3. The summed E-state index contributed by atoms with van der Waals surface area (Å²) in [5.74, 6) is 0. The zero-order valence-electron chi connectivity index (χ0n) is 8.54. The molecule has 0 unspecified atom stereocenters. The molecule has 0 bridgehead atoms. The summed E-state index contributed by atoms with van der Waals surface area (Å²) in [7, 11) is 0. The molecule has 0 spiro atoms. The Labute approximate surface area is 85.1 Å². The van der Waals surface area contributed by atoms with Gasteiger partial charge in [-0.3, -0.25) is 0 Å². The van der Waals surface area contributed by atoms with Gasteiger partial charge in [0.2, 0.25) is 0 Å². The number of aliphatic hydroxyl groups excluding tert-OH is 1. The number of aliphatic hydroxyl groups is 1. The van der Waals surface area contributed by atoms with Crippen molar-refractivity contribution in [2.45, 2.75) is 32.2 Å². The Hall–Kier alpha value is -0.800. The monoisotopic (exact) mass is 197 g/mol. The number of nitrogens with one attached hydrogen (secondary N) is 1. The van der Waals surface area contributed by atoms with Gasteiger partial charge in [-0.25, -0.2) is 0 Å². The summed E-state index contributed by atoms with van der Waals surface area (Å²) >= 11 is 0. The Balaban J connectivity index is 1.85. The van der Waals surface area contributed by atoms with Gasteiger partial charge in [-0.1, -0.05) is 12.8 Å². The molecule has 14 heavy (non-hydrogen) atoms. The fourth-order valence-corrected chi connectivity index (χ4v) is 1.34. The van der Waals surface area contributed by atoms with E-state index in [4.69, 9.17) is 9.52 Å². The van der Waals surface area contributed by atoms with Crippen LogP contribution in [0.25, 0.3) is 0 Å². The van der Waals surface area contributed by atoms with Crippen LogP contribution in [0.1, 0.15) is 31.2 Å². The smallest absolute Gasteiger partial charge is 0.0947 e. The second kappa shape index (κ2) is 7.59. The van der Waals surface area contributed by atoms with Crippen LogP contribution in [0.2, 0.25) is 0 Å². The quantitative estimate of drug-likeness (QED) is 0.626. The number of furan rings is 1. The van der Waals surface area contributed by atoms with Crippen LogP contribution in [0.4, 0.5) is 0 Å². The molecule has 0 saturated heterocycles. The molecular formula is C11H19NO2. The number of hydrogen-bond acceptors (Lipinski definition) is 3. The summed E-state index contributed by atoms with van der Waals surface area (Å²) in [5, 5.41) is 11.9. The van der Waals surface area contributed by atoms with Crippen molar-refractivity contribution in [2.24, 2.45) is 0 Å². The maximum Gasteiger partial charge on any atom is 0.0947 e. The molecule has 3 nitrogen and oxygen atoms in total. The molecule has 1 aromatic heterocycles. The van der Waals surface area contributed by atoms with Crippen molar-refractivity contribution in [1.29, 1.82) is 0 Å². The van der Waals surface area contributed by atoms with E-state index < -0.39 is 0 Å². The van der Waals surface area contributed by atoms with Crippen LogP contribution in [0, 0.1) is 0 Å². The molecular weight excluding hydrogens is 178 g/mol. The van der Waals surface area contributed by atoms with Crippen molar-refractivity contribution in [3.8, 4) is 0 Å². The first-order chi connectivity index (χ1) is 6.93. The summed E-state index contributed by atoms with van der Waals surface area (Å²) in [5.41, 5.74) is 1.19. The van der Waals surface area contributed by atoms with Gasteiger partial charge in [0.1, 0.15) is 0 Å². The lowest BCUT2D eigenvalue weighted by Crippen LogP contribution is -2.14. The highest BCUT2D eigenvalue weighted by atomic mass is 16.3. The lowest BCUT2D eigenvalue weighted by Gasteiger charge is -2.02. The van der Waals surface area contributed by atoms with E-state index in [1.807, 2.05) is 6.07 Å². The molecule has 0 saturated carbocycles. The summed E-state index contributed by atoms with van der Waals surface area (Å²) < 4.78 is 4.96. The molecule has 1 rings (SSSR count). The standard InChI is InChI=1S/C11H19NO2/c13-7-4-2-1-3-6-12-9-11-5-8-14-10-11/h5,8,10,12-13H,1-4,6-7,9H2. The lowest BCUT2D eigenvalue weighted by atomic mass is 10.2. The van der Waals surface area contributed by atoms with Gasteiger partial charge < -0.3 is 14.8 Å². The Kier molecular flexibility index (Phi) is 6.11. The van der Waals surface area contributed by atoms with Gasteiger partial charge >= 0.3 is 0 Å². The van der Waals surface area contributed by atoms with E-state index in [1.165, 1.54) is 18.4 Å². The van der Waals surface area contributed by atoms with Crippen molar-refractivity contribution in [2.75, 3.05) is 13.2 Å². The maximum absolute atomic E-state index is 8.57. The molecule has 1 aromatic rings. The van der Waals surface area contributed by atoms with Crippen LogP contribution in [-0.4, -0.2) is 18.3 Å². The predicted octanol–water partition coefficient (Wildman–Crippen LogP) is 1.92. The minimum absolute atomic E-state index is 0.322. The second-order valence-electron chi connectivity index (χ2n) is 3.45. The lowest BCUT2D eigenvalue weighted by molar-refractivity contribution is 0.282. The second-order valence-corrected chi connectivity index (χ2v) is 3.45. The van der Waals surface area contributed by atoms with Crippen molar-refractivity contribution in [3.05, 3.63) is 24.2 Å². The number of unbranched alkanes of at least 4 members (excludes halogenated alkanes) is 3. The van der Waals surface area contributed by atoms with E-state index in [1.54, 1.807) is 12.5 Å². The van der Waals surface area contributed by atoms with Gasteiger partial charge in [-0.05, 0) is 25.5 Å². The molecule has 3 heteroatoms. The Bertz CT molecular complexity index is 209. The minimum atomic E-state index is 0.322. The Morgan fingerprint density at radius 3 is 2.79 bits per heavy atom. The summed E-state index contributed by atoms with van der Waals surface area (Å²) in [6, 6.07) is 1.97. The third-order valence-electron chi connectivity index (χ3n) is 2.17. The molecule has 0 atom stereocenters. The van der Waals surface area contributed by atoms with Crippen LogP contribution in [-0.2, 0) is 6.54 Å². The third-order valence-corrected chi connectivity index (χ3v) is 2.17. The average molecular weight is 197 g/mol. The van der Waals surface area contributed by atoms with Crippen LogP contribution in [0.3, 0.4) is 0 Å². The molecule has 80 valence electrons. The maximum atomic E-state index is 8.57. The van der Waals surface area contributed by atoms with Crippen molar-refractivity contribution in [1.82, 2.24) is 5.32 Å². The largest absolute Gasteiger partial charge is 0.472 e. The summed E-state index contributed by atoms with van der Waals surface area (Å²) in [6.45, 7) is 2.25. The highest BCUT2D eigenvalue weighted by molar-refractivity contribution is 5.04. The molecule has 2 N–H and O–H groups in total. The SMILES string of the molecule is OCCCCCCNCc1ccoc1. The van der Waals surface area contributed by atoms with E-state index in [2.05, 4.69) is 5.32 Å². The predicted molar refractivity (Wildman–Crippen MR) is 56.0 cm³/mol. The highest BCUT2D eigenvalue weighted by Crippen LogP contribution is 2.00. The zero-order valence-corrected chi connectivity index (χ0v) is 8.54. The van der Waals surface area contributed by atoms with Crippen LogP contribution >= 0.6 is 0 Å². The van der Waals surface area contributed by atoms with Crippen molar-refractivity contribution in [3.63, 3.8) is 0 Å². The Morgan fingerprint density at radius 1 is 1.21 bits per heavy atom. The van der Waals surface area contributed by atoms with E-state index >= 15 is 0 Å². The third kappa shape index (κ3) is 5.04. The number of rotatable bonds is 8. The van der Waals surface area contributed by atoms with E-state index in [-0.39, 0.29) is 0 Å². The molecule has 0 fully saturated rings. The van der Waals surface area contributed by atoms with E-state index in [9.17, 15) is 0 Å². The van der Waals surface area contributed by atoms with Crippen LogP contribution in [0.5, 0.6) is 0 Å². The van der Waals surface area contributed by atoms with Crippen molar-refractivity contribution < 1.29 is 9.52 Å². The normalized spacial score (nSPS) is 10.6. The Morgan fingerprint density at radius 2 is 2.07 bits per heavy atom. The molecule has 0 aromatic carbocycles. The van der Waals surface area contributed by atoms with E-state index in [0.29, 0.717) is 6.61 Å². The van der Waals surface area contributed by atoms with E-state index in [0.717, 1.165) is 25.9 Å². The molecule has 0 aliphatic heterocycles. The molecule has 0 aliphatic rings. The van der Waals surface area contributed by atoms with Gasteiger partial charge in [0.15, 0.2) is 0 Å². The summed E-state index contributed by atoms with van der Waals surface area (Å²) in [4.78, 5) is 0. The highest BCUT2D eigenvalue weighted by Gasteiger charge is 1.93. The van der Waals surface area contributed by atoms with Crippen LogP contribution in [0.15, 0.2) is 23.0 Å². The van der Waals surface area contributed by atoms with Crippen molar-refractivity contribution >= 4 is 0 Å². The molecule has 0 amide bonds. The zero-order chi connectivity index (χ0) is 10.1. The van der Waals surface area contributed by atoms with Gasteiger partial charge in [-0.15, -0.1) is 0 Å². The van der Waals surface area contributed by atoms with Gasteiger partial charge in [-0.2, -0.15) is 0 Å². The molecule has 0 aliphatic carbocycles. The fraction of sp³-hybridized carbons (Fsp3) is 0.636. The first-order valence-corrected chi connectivity index (χ1v) is 5.26. The van der Waals surface area contributed by atoms with Crippen LogP contribution < -0.4 is 5.32 Å². The first-order valence-electron chi connectivity index (χ1n) is 5.26. The fourth-order valence-electron chi connectivity index (χ4n) is 1.34. The number of hydrogen-bond donors (Lipinski definition) is 2. The molecule has 0 radical (unpaired) electrons. The minimum Gasteiger partial charge on any atom is -0.472 e. The van der Waals surface area contributed by atoms with Gasteiger partial charge in [0.05, 0.1) is 12.5 Å². The molecule has 1 heterocycles. The topological polar surface area (TPSA) is 45.4 Å². The van der Waals surface area contributed by atoms with Gasteiger partial charge in [0, 0.05) is 18.7 Å². The average Bonchev–Trinajstić information content (AvgIpc) is 2.69. The summed E-state index contributed by atoms with van der Waals surface area (Å²) in [6.07, 6.45) is 7.89.